The Morgan fingerprint density at radius 2 is 1.64 bits per heavy atom. The Balaban J connectivity index is 0.661. The van der Waals surface area contributed by atoms with Crippen LogP contribution in [0.5, 0.6) is 11.8 Å². The number of ether oxygens (including phenoxy) is 1. The number of likely N-dealkylation sites (tertiary alicyclic amines) is 1. The van der Waals surface area contributed by atoms with E-state index in [0.717, 1.165) is 92.9 Å². The minimum atomic E-state index is -0.871. The Morgan fingerprint density at radius 1 is 0.926 bits per heavy atom. The Morgan fingerprint density at radius 3 is 2.35 bits per heavy atom. The average molecular weight is 1130 g/mol. The first-order chi connectivity index (χ1) is 39.0. The molecule has 4 saturated heterocycles. The number of aliphatic hydroxyl groups is 1. The molecule has 0 saturated carbocycles. The van der Waals surface area contributed by atoms with Crippen LogP contribution in [0.15, 0.2) is 60.2 Å². The molecule has 0 aliphatic carbocycles. The van der Waals surface area contributed by atoms with Gasteiger partial charge in [-0.1, -0.05) is 76.3 Å². The second-order valence-corrected chi connectivity index (χ2v) is 24.1. The summed E-state index contributed by atoms with van der Waals surface area (Å²) in [6.45, 7) is 14.8. The summed E-state index contributed by atoms with van der Waals surface area (Å²) in [6.07, 6.45) is 13.6. The number of carbonyl (C=O) groups is 3. The number of benzene rings is 3. The highest BCUT2D eigenvalue weighted by Crippen LogP contribution is 2.40. The van der Waals surface area contributed by atoms with Crippen molar-refractivity contribution in [3.63, 3.8) is 0 Å². The number of carbonyl (C=O) groups excluding carboxylic acids is 3. The molecule has 6 aromatic rings. The van der Waals surface area contributed by atoms with Crippen molar-refractivity contribution in [1.29, 1.82) is 0 Å². The molecule has 0 radical (unpaired) electrons. The van der Waals surface area contributed by atoms with Gasteiger partial charge in [0.05, 0.1) is 33.1 Å². The van der Waals surface area contributed by atoms with E-state index in [1.54, 1.807) is 11.3 Å². The van der Waals surface area contributed by atoms with Crippen molar-refractivity contribution in [3.8, 4) is 45.8 Å². The predicted molar refractivity (Wildman–Crippen MR) is 310 cm³/mol. The van der Waals surface area contributed by atoms with Gasteiger partial charge in [0.2, 0.25) is 17.7 Å². The average Bonchev–Trinajstić information content (AvgIpc) is 4.30. The number of terminal acetylenes is 1. The van der Waals surface area contributed by atoms with Crippen molar-refractivity contribution < 1.29 is 38.1 Å². The lowest BCUT2D eigenvalue weighted by Crippen LogP contribution is -2.57. The van der Waals surface area contributed by atoms with Crippen LogP contribution in [0, 0.1) is 36.3 Å². The van der Waals surface area contributed by atoms with Crippen LogP contribution in [0.2, 0.25) is 0 Å². The normalized spacial score (nSPS) is 20.0. The van der Waals surface area contributed by atoms with Gasteiger partial charge in [-0.15, -0.1) is 17.8 Å². The molecule has 3 aromatic carbocycles. The fourth-order valence-electron chi connectivity index (χ4n) is 11.9. The van der Waals surface area contributed by atoms with Crippen LogP contribution in [-0.2, 0) is 20.9 Å². The van der Waals surface area contributed by atoms with Crippen molar-refractivity contribution >= 4 is 56.6 Å². The molecule has 20 heteroatoms. The molecule has 0 spiro atoms. The third kappa shape index (κ3) is 13.2. The Labute approximate surface area is 475 Å². The quantitative estimate of drug-likeness (QED) is 0.0376. The number of amides is 3. The molecule has 10 rings (SSSR count). The van der Waals surface area contributed by atoms with Gasteiger partial charge in [-0.25, -0.2) is 13.8 Å². The third-order valence-corrected chi connectivity index (χ3v) is 17.3. The summed E-state index contributed by atoms with van der Waals surface area (Å²) < 4.78 is 38.3. The topological polar surface area (TPSA) is 202 Å². The maximum Gasteiger partial charge on any atom is 0.319 e. The van der Waals surface area contributed by atoms with Crippen LogP contribution < -0.4 is 25.6 Å². The summed E-state index contributed by atoms with van der Waals surface area (Å²) in [5.74, 6) is 0.471. The number of hydrogen-bond donors (Lipinski definition) is 5. The number of nitrogens with zero attached hydrogens (tertiary/aromatic N) is 8. The number of aliphatic hydroxyl groups excluding tert-OH is 1. The smallest absolute Gasteiger partial charge is 0.319 e. The number of phenolic OH excluding ortho intramolecular Hbond substituents is 1. The van der Waals surface area contributed by atoms with Gasteiger partial charge in [0.1, 0.15) is 47.3 Å². The lowest BCUT2D eigenvalue weighted by molar-refractivity contribution is -0.144. The molecule has 5 atom stereocenters. The number of halogens is 2. The number of unbranched alkanes of at least 4 members (excludes halogenated alkanes) is 4. The number of anilines is 1. The molecule has 2 unspecified atom stereocenters. The lowest BCUT2D eigenvalue weighted by Gasteiger charge is -2.35. The minimum absolute atomic E-state index is 0.00851. The first kappa shape index (κ1) is 57.3. The van der Waals surface area contributed by atoms with Gasteiger partial charge >= 0.3 is 6.01 Å². The van der Waals surface area contributed by atoms with Crippen LogP contribution in [-0.4, -0.2) is 158 Å². The van der Waals surface area contributed by atoms with E-state index in [0.29, 0.717) is 49.3 Å². The maximum atomic E-state index is 17.0. The summed E-state index contributed by atoms with van der Waals surface area (Å²) in [5.41, 5.74) is 4.09. The zero-order chi connectivity index (χ0) is 57.0. The van der Waals surface area contributed by atoms with E-state index in [1.165, 1.54) is 35.4 Å². The van der Waals surface area contributed by atoms with E-state index in [2.05, 4.69) is 51.5 Å². The summed E-state index contributed by atoms with van der Waals surface area (Å²) >= 11 is 1.58. The van der Waals surface area contributed by atoms with Crippen molar-refractivity contribution in [2.45, 2.75) is 122 Å². The van der Waals surface area contributed by atoms with Crippen LogP contribution in [0.3, 0.4) is 0 Å². The van der Waals surface area contributed by atoms with Crippen molar-refractivity contribution in [1.82, 2.24) is 50.6 Å². The highest BCUT2D eigenvalue weighted by atomic mass is 32.1. The van der Waals surface area contributed by atoms with E-state index in [4.69, 9.17) is 16.1 Å². The molecule has 3 aromatic heterocycles. The van der Waals surface area contributed by atoms with E-state index in [-0.39, 0.29) is 95.2 Å². The number of aromatic hydroxyl groups is 1. The molecule has 428 valence electrons. The fraction of sp³-hybridized carbons (Fsp3) is 0.492. The standard InChI is InChI=1S/C61H73F2N11O6S/c1-6-45-48(62)20-17-40-28-43(75)29-46(51(40)45)53-52(63)54-47(32-64-53)57(73-33-41-18-19-42(34-73)67-41)70-60(69-54)80-27-26-72-24-22-71(23-25-72)21-11-9-7-8-10-12-50(77)68-56(61(3,4)5)59(79)74-35-44(76)30-49(74)58(78)65-31-38-13-15-39(16-14-38)55-37(2)66-36-81-55/h1,13-17,20,28-29,32,36,41-42,44,49,56,67,75-76H,7-12,18-19,21-27,30-31,33-35H2,2-5H3,(H,65,78)(H,68,77)/t41?,42?,44-,49+,56-/m1/s1. The minimum Gasteiger partial charge on any atom is -0.508 e. The highest BCUT2D eigenvalue weighted by molar-refractivity contribution is 7.13. The molecule has 4 aliphatic rings. The zero-order valence-corrected chi connectivity index (χ0v) is 47.5. The van der Waals surface area contributed by atoms with Crippen LogP contribution in [0.4, 0.5) is 14.6 Å². The summed E-state index contributed by atoms with van der Waals surface area (Å²) in [7, 11) is 0. The van der Waals surface area contributed by atoms with Crippen LogP contribution >= 0.6 is 11.3 Å². The molecule has 17 nitrogen and oxygen atoms in total. The number of pyridine rings is 1. The van der Waals surface area contributed by atoms with Gasteiger partial charge < -0.3 is 45.6 Å². The first-order valence-corrected chi connectivity index (χ1v) is 29.3. The number of thiazole rings is 1. The van der Waals surface area contributed by atoms with Gasteiger partial charge in [-0.05, 0) is 79.3 Å². The molecule has 7 heterocycles. The van der Waals surface area contributed by atoms with Crippen LogP contribution in [0.25, 0.3) is 43.4 Å². The molecule has 2 bridgehead atoms. The zero-order valence-electron chi connectivity index (χ0n) is 46.6. The Kier molecular flexibility index (Phi) is 17.8. The second-order valence-electron chi connectivity index (χ2n) is 23.2. The van der Waals surface area contributed by atoms with E-state index >= 15 is 8.78 Å². The van der Waals surface area contributed by atoms with E-state index in [1.807, 2.05) is 57.5 Å². The SMILES string of the molecule is C#Cc1c(F)ccc2cc(O)cc(-c3ncc4c(N5CC6CCC(C5)N6)nc(OCCN5CCN(CCCCCCCC(=O)N[C@H](C(=O)N6C[C@H](O)C[C@H]6C(=O)NCc6ccc(-c7scnc7C)cc6)C(C)(C)C)CC5)nc4c3F)c12. The number of aromatic nitrogens is 4. The van der Waals surface area contributed by atoms with Gasteiger partial charge in [-0.3, -0.25) is 24.3 Å². The Hall–Kier alpha value is -6.89. The molecule has 3 amide bonds. The lowest BCUT2D eigenvalue weighted by atomic mass is 9.85. The molecule has 4 aliphatic heterocycles. The molecule has 4 fully saturated rings. The number of nitrogens with one attached hydrogen (secondary N) is 3. The summed E-state index contributed by atoms with van der Waals surface area (Å²) in [6, 6.07) is 12.3. The second kappa shape index (κ2) is 25.1. The number of piperazine rings is 2. The summed E-state index contributed by atoms with van der Waals surface area (Å²) in [5, 5.41) is 32.0. The van der Waals surface area contributed by atoms with Gasteiger partial charge in [-0.2, -0.15) is 9.97 Å². The number of β-amino-alcohol motifs (C(OH)–C–C–N with tert-alkyl or cyclic N) is 1. The van der Waals surface area contributed by atoms with Gasteiger partial charge in [0.15, 0.2) is 5.82 Å². The monoisotopic (exact) mass is 1130 g/mol. The van der Waals surface area contributed by atoms with E-state index in [9.17, 15) is 24.6 Å². The molecule has 5 N–H and O–H groups in total. The van der Waals surface area contributed by atoms with Crippen LogP contribution in [0.1, 0.15) is 95.4 Å². The number of hydrogen-bond acceptors (Lipinski definition) is 15. The van der Waals surface area contributed by atoms with E-state index < -0.39 is 35.2 Å². The van der Waals surface area contributed by atoms with Gasteiger partial charge in [0.25, 0.3) is 0 Å². The van der Waals surface area contributed by atoms with Crippen molar-refractivity contribution in [3.05, 3.63) is 88.7 Å². The molecular formula is C61H73F2N11O6S. The number of rotatable bonds is 20. The fourth-order valence-corrected chi connectivity index (χ4v) is 12.7. The maximum absolute atomic E-state index is 17.0. The first-order valence-electron chi connectivity index (χ1n) is 28.4. The van der Waals surface area contributed by atoms with Crippen molar-refractivity contribution in [2.75, 3.05) is 70.4 Å². The highest BCUT2D eigenvalue weighted by Gasteiger charge is 2.44. The predicted octanol–water partition coefficient (Wildman–Crippen LogP) is 7.33. The number of phenols is 1. The third-order valence-electron chi connectivity index (χ3n) is 16.3. The Bertz CT molecular complexity index is 3290. The largest absolute Gasteiger partial charge is 0.508 e. The molecular weight excluding hydrogens is 1050 g/mol. The van der Waals surface area contributed by atoms with Gasteiger partial charge in [0, 0.05) is 101 Å². The number of fused-ring (bicyclic) bond motifs is 4. The molecule has 81 heavy (non-hydrogen) atoms. The number of aryl methyl sites for hydroxylation is 1. The van der Waals surface area contributed by atoms with Crippen molar-refractivity contribution in [2.24, 2.45) is 5.41 Å². The summed E-state index contributed by atoms with van der Waals surface area (Å²) in [4.78, 5) is 68.8.